The van der Waals surface area contributed by atoms with Gasteiger partial charge in [0.2, 0.25) is 11.8 Å². The number of amides is 2. The van der Waals surface area contributed by atoms with Crippen LogP contribution in [0.25, 0.3) is 0 Å². The molecule has 36 heavy (non-hydrogen) atoms. The fourth-order valence-electron chi connectivity index (χ4n) is 4.91. The molecular weight excluding hydrogens is 452 g/mol. The summed E-state index contributed by atoms with van der Waals surface area (Å²) in [5.41, 5.74) is 3.18. The Morgan fingerprint density at radius 2 is 1.78 bits per heavy atom. The Balaban J connectivity index is 1.53. The number of fused-ring (bicyclic) bond motifs is 1. The normalized spacial score (nSPS) is 19.0. The summed E-state index contributed by atoms with van der Waals surface area (Å²) in [6.45, 7) is 6.46. The van der Waals surface area contributed by atoms with Gasteiger partial charge in [-0.25, -0.2) is 0 Å². The number of hydrogen-bond acceptors (Lipinski definition) is 5. The molecule has 4 rings (SSSR count). The first-order valence-electron chi connectivity index (χ1n) is 13.3. The maximum Gasteiger partial charge on any atom is 0.234 e. The second kappa shape index (κ2) is 13.4. The number of hydrogen-bond donors (Lipinski definition) is 1. The highest BCUT2D eigenvalue weighted by atomic mass is 16.5. The van der Waals surface area contributed by atoms with Crippen LogP contribution in [-0.2, 0) is 29.1 Å². The first kappa shape index (κ1) is 26.2. The summed E-state index contributed by atoms with van der Waals surface area (Å²) in [4.78, 5) is 32.2. The van der Waals surface area contributed by atoms with Gasteiger partial charge in [0.1, 0.15) is 5.75 Å². The first-order valence-corrected chi connectivity index (χ1v) is 13.3. The molecule has 0 aliphatic carbocycles. The largest absolute Gasteiger partial charge is 0.493 e. The fraction of sp³-hybridized carbons (Fsp3) is 0.517. The summed E-state index contributed by atoms with van der Waals surface area (Å²) in [7, 11) is 2.11. The van der Waals surface area contributed by atoms with Crippen molar-refractivity contribution in [3.63, 3.8) is 0 Å². The van der Waals surface area contributed by atoms with Crippen LogP contribution in [0.3, 0.4) is 0 Å². The Hall–Kier alpha value is -2.90. The van der Waals surface area contributed by atoms with E-state index in [1.54, 1.807) is 0 Å². The molecule has 1 saturated heterocycles. The highest BCUT2D eigenvalue weighted by Gasteiger charge is 2.20. The minimum absolute atomic E-state index is 0.0464. The monoisotopic (exact) mass is 492 g/mol. The lowest BCUT2D eigenvalue weighted by Gasteiger charge is -2.24. The molecule has 0 radical (unpaired) electrons. The van der Waals surface area contributed by atoms with E-state index in [1.165, 1.54) is 0 Å². The number of nitrogens with zero attached hydrogens (tertiary/aromatic N) is 3. The molecule has 194 valence electrons. The van der Waals surface area contributed by atoms with Gasteiger partial charge in [-0.05, 0) is 56.5 Å². The summed E-state index contributed by atoms with van der Waals surface area (Å²) in [6, 6.07) is 16.4. The van der Waals surface area contributed by atoms with E-state index in [0.717, 1.165) is 74.3 Å². The second-order valence-electron chi connectivity index (χ2n) is 10.0. The second-order valence-corrected chi connectivity index (χ2v) is 10.0. The van der Waals surface area contributed by atoms with Crippen molar-refractivity contribution in [2.75, 3.05) is 52.9 Å². The molecule has 2 aromatic rings. The summed E-state index contributed by atoms with van der Waals surface area (Å²) in [6.07, 6.45) is 4.31. The Bertz CT molecular complexity index is 997. The standard InChI is InChI=1S/C29H40N4O3/c1-31-14-8-15-33(17-16-31)29(35)20-25-11-12-27-26(19-25)22-32(21-24-9-4-2-5-10-24)23-28(34)30-13-6-3-7-18-36-27/h2,4-5,9-12,19H,3,6-8,13-18,20-23H2,1H3,(H,30,34). The molecule has 2 amide bonds. The van der Waals surface area contributed by atoms with E-state index in [9.17, 15) is 9.59 Å². The maximum absolute atomic E-state index is 13.1. The van der Waals surface area contributed by atoms with Crippen LogP contribution in [0.5, 0.6) is 5.75 Å². The van der Waals surface area contributed by atoms with Gasteiger partial charge in [0.05, 0.1) is 19.6 Å². The van der Waals surface area contributed by atoms with Crippen molar-refractivity contribution in [1.29, 1.82) is 0 Å². The zero-order valence-electron chi connectivity index (χ0n) is 21.6. The first-order chi connectivity index (χ1) is 17.6. The molecule has 2 aromatic carbocycles. The number of likely N-dealkylation sites (N-methyl/N-ethyl adjacent to an activating group) is 1. The minimum atomic E-state index is 0.0464. The zero-order valence-corrected chi connectivity index (χ0v) is 21.6. The third-order valence-electron chi connectivity index (χ3n) is 6.96. The van der Waals surface area contributed by atoms with Gasteiger partial charge in [0.25, 0.3) is 0 Å². The van der Waals surface area contributed by atoms with Gasteiger partial charge >= 0.3 is 0 Å². The van der Waals surface area contributed by atoms with Crippen molar-refractivity contribution >= 4 is 11.8 Å². The molecule has 1 fully saturated rings. The van der Waals surface area contributed by atoms with Gasteiger partial charge in [0, 0.05) is 44.8 Å². The van der Waals surface area contributed by atoms with Gasteiger partial charge in [-0.3, -0.25) is 14.5 Å². The highest BCUT2D eigenvalue weighted by molar-refractivity contribution is 5.79. The van der Waals surface area contributed by atoms with Crippen LogP contribution in [0.2, 0.25) is 0 Å². The van der Waals surface area contributed by atoms with Crippen LogP contribution < -0.4 is 10.1 Å². The SMILES string of the molecule is CN1CCCN(C(=O)Cc2ccc3c(c2)CN(Cc2ccccc2)CC(=O)NCCCCCO3)CC1. The summed E-state index contributed by atoms with van der Waals surface area (Å²) < 4.78 is 6.20. The minimum Gasteiger partial charge on any atom is -0.493 e. The molecule has 1 N–H and O–H groups in total. The molecule has 7 nitrogen and oxygen atoms in total. The smallest absolute Gasteiger partial charge is 0.234 e. The quantitative estimate of drug-likeness (QED) is 0.711. The third-order valence-corrected chi connectivity index (χ3v) is 6.96. The molecule has 0 atom stereocenters. The summed E-state index contributed by atoms with van der Waals surface area (Å²) in [5.74, 6) is 1.07. The van der Waals surface area contributed by atoms with Crippen LogP contribution in [-0.4, -0.2) is 79.4 Å². The Morgan fingerprint density at radius 3 is 2.64 bits per heavy atom. The van der Waals surface area contributed by atoms with Crippen molar-refractivity contribution in [3.05, 3.63) is 65.2 Å². The fourth-order valence-corrected chi connectivity index (χ4v) is 4.91. The molecule has 7 heteroatoms. The van der Waals surface area contributed by atoms with Crippen LogP contribution in [0.1, 0.15) is 42.4 Å². The number of rotatable bonds is 4. The van der Waals surface area contributed by atoms with Crippen molar-refractivity contribution in [2.45, 2.75) is 45.2 Å². The molecule has 2 aliphatic rings. The van der Waals surface area contributed by atoms with Crippen LogP contribution in [0, 0.1) is 0 Å². The number of carbonyl (C=O) groups is 2. The maximum atomic E-state index is 13.1. The van der Waals surface area contributed by atoms with E-state index in [1.807, 2.05) is 35.2 Å². The van der Waals surface area contributed by atoms with E-state index < -0.39 is 0 Å². The average Bonchev–Trinajstić information content (AvgIpc) is 3.08. The van der Waals surface area contributed by atoms with Gasteiger partial charge in [0.15, 0.2) is 0 Å². The third kappa shape index (κ3) is 8.07. The van der Waals surface area contributed by atoms with Gasteiger partial charge in [-0.1, -0.05) is 42.5 Å². The number of nitrogens with one attached hydrogen (secondary N) is 1. The van der Waals surface area contributed by atoms with Crippen molar-refractivity contribution in [3.8, 4) is 5.75 Å². The molecule has 0 unspecified atom stereocenters. The molecule has 0 aromatic heterocycles. The van der Waals surface area contributed by atoms with Crippen LogP contribution >= 0.6 is 0 Å². The molecule has 2 aliphatic heterocycles. The van der Waals surface area contributed by atoms with Gasteiger partial charge < -0.3 is 19.9 Å². The van der Waals surface area contributed by atoms with Gasteiger partial charge in [-0.2, -0.15) is 0 Å². The van der Waals surface area contributed by atoms with Crippen LogP contribution in [0.4, 0.5) is 0 Å². The predicted octanol–water partition coefficient (Wildman–Crippen LogP) is 3.07. The highest BCUT2D eigenvalue weighted by Crippen LogP contribution is 2.24. The number of benzene rings is 2. The summed E-state index contributed by atoms with van der Waals surface area (Å²) >= 11 is 0. The van der Waals surface area contributed by atoms with E-state index in [-0.39, 0.29) is 11.8 Å². The lowest BCUT2D eigenvalue weighted by molar-refractivity contribution is -0.130. The van der Waals surface area contributed by atoms with E-state index in [4.69, 9.17) is 4.74 Å². The molecule has 2 heterocycles. The van der Waals surface area contributed by atoms with Crippen molar-refractivity contribution in [2.24, 2.45) is 0 Å². The Morgan fingerprint density at radius 1 is 0.917 bits per heavy atom. The average molecular weight is 493 g/mol. The lowest BCUT2D eigenvalue weighted by atomic mass is 10.0. The van der Waals surface area contributed by atoms with E-state index in [2.05, 4.69) is 40.4 Å². The topological polar surface area (TPSA) is 65.1 Å². The Labute approximate surface area is 215 Å². The number of carbonyl (C=O) groups excluding carboxylic acids is 2. The molecule has 0 bridgehead atoms. The lowest BCUT2D eigenvalue weighted by Crippen LogP contribution is -2.37. The Kier molecular flexibility index (Phi) is 9.76. The zero-order chi connectivity index (χ0) is 25.2. The number of ether oxygens (including phenoxy) is 1. The summed E-state index contributed by atoms with van der Waals surface area (Å²) in [5, 5.41) is 3.07. The predicted molar refractivity (Wildman–Crippen MR) is 142 cm³/mol. The van der Waals surface area contributed by atoms with Crippen LogP contribution in [0.15, 0.2) is 48.5 Å². The molecular formula is C29H40N4O3. The molecule has 0 spiro atoms. The van der Waals surface area contributed by atoms with E-state index >= 15 is 0 Å². The van der Waals surface area contributed by atoms with Crippen molar-refractivity contribution < 1.29 is 14.3 Å². The van der Waals surface area contributed by atoms with Gasteiger partial charge in [-0.15, -0.1) is 0 Å². The van der Waals surface area contributed by atoms with E-state index in [0.29, 0.717) is 39.2 Å². The van der Waals surface area contributed by atoms with Crippen molar-refractivity contribution in [1.82, 2.24) is 20.0 Å². The molecule has 0 saturated carbocycles.